The van der Waals surface area contributed by atoms with Gasteiger partial charge in [-0.3, -0.25) is 4.79 Å². The highest BCUT2D eigenvalue weighted by Gasteiger charge is 2.35. The Morgan fingerprint density at radius 2 is 2.11 bits per heavy atom. The lowest BCUT2D eigenvalue weighted by molar-refractivity contribution is -0.137. The van der Waals surface area contributed by atoms with E-state index in [0.717, 1.165) is 17.0 Å². The van der Waals surface area contributed by atoms with Crippen LogP contribution in [-0.4, -0.2) is 27.5 Å². The Hall–Kier alpha value is -2.68. The van der Waals surface area contributed by atoms with E-state index in [4.69, 9.17) is 4.52 Å². The topological polar surface area (TPSA) is 59.2 Å². The van der Waals surface area contributed by atoms with Gasteiger partial charge < -0.3 is 9.42 Å². The minimum atomic E-state index is -4.41. The molecule has 0 radical (unpaired) electrons. The molecule has 1 aliphatic heterocycles. The number of benzene rings is 1. The Bertz CT molecular complexity index is 953. The molecular weight excluding hydrogens is 379 g/mol. The van der Waals surface area contributed by atoms with Gasteiger partial charge in [0.2, 0.25) is 17.6 Å². The Morgan fingerprint density at radius 3 is 2.85 bits per heavy atom. The monoisotopic (exact) mass is 393 g/mol. The summed E-state index contributed by atoms with van der Waals surface area (Å²) in [6, 6.07) is 8.77. The van der Waals surface area contributed by atoms with E-state index in [-0.39, 0.29) is 24.8 Å². The van der Waals surface area contributed by atoms with Crippen LogP contribution in [0.25, 0.3) is 10.7 Å². The van der Waals surface area contributed by atoms with Crippen molar-refractivity contribution in [3.63, 3.8) is 0 Å². The molecule has 0 aliphatic carbocycles. The number of amides is 1. The third-order valence-electron chi connectivity index (χ3n) is 4.37. The van der Waals surface area contributed by atoms with Crippen molar-refractivity contribution in [3.05, 3.63) is 58.8 Å². The molecule has 0 spiro atoms. The lowest BCUT2D eigenvalue weighted by Gasteiger charge is -2.17. The van der Waals surface area contributed by atoms with Crippen LogP contribution in [0.5, 0.6) is 0 Å². The summed E-state index contributed by atoms with van der Waals surface area (Å²) in [5.74, 6) is 0.444. The second kappa shape index (κ2) is 6.80. The summed E-state index contributed by atoms with van der Waals surface area (Å²) in [6.07, 6.45) is -4.21. The molecule has 1 aliphatic rings. The summed E-state index contributed by atoms with van der Waals surface area (Å²) in [4.78, 5) is 19.1. The normalized spacial score (nSPS) is 17.7. The van der Waals surface area contributed by atoms with Crippen LogP contribution >= 0.6 is 11.3 Å². The van der Waals surface area contributed by atoms with Gasteiger partial charge >= 0.3 is 6.18 Å². The van der Waals surface area contributed by atoms with Gasteiger partial charge in [0.15, 0.2) is 0 Å². The minimum Gasteiger partial charge on any atom is -0.339 e. The molecule has 1 aromatic carbocycles. The first-order valence-corrected chi connectivity index (χ1v) is 9.09. The zero-order valence-corrected chi connectivity index (χ0v) is 14.8. The van der Waals surface area contributed by atoms with Crippen molar-refractivity contribution >= 4 is 17.2 Å². The van der Waals surface area contributed by atoms with Gasteiger partial charge in [-0.2, -0.15) is 18.2 Å². The van der Waals surface area contributed by atoms with Gasteiger partial charge in [0.05, 0.1) is 16.4 Å². The predicted molar refractivity (Wildman–Crippen MR) is 91.8 cm³/mol. The highest BCUT2D eigenvalue weighted by molar-refractivity contribution is 7.13. The molecule has 1 atom stereocenters. The van der Waals surface area contributed by atoms with E-state index in [1.54, 1.807) is 6.07 Å². The van der Waals surface area contributed by atoms with Crippen molar-refractivity contribution in [3.8, 4) is 10.7 Å². The fourth-order valence-corrected chi connectivity index (χ4v) is 3.71. The number of carbonyl (C=O) groups is 1. The molecule has 1 amide bonds. The van der Waals surface area contributed by atoms with E-state index in [1.807, 2.05) is 17.5 Å². The number of thiophene rings is 1. The van der Waals surface area contributed by atoms with Gasteiger partial charge in [0.1, 0.15) is 0 Å². The summed E-state index contributed by atoms with van der Waals surface area (Å²) >= 11 is 1.48. The van der Waals surface area contributed by atoms with E-state index < -0.39 is 11.7 Å². The van der Waals surface area contributed by atoms with Gasteiger partial charge in [-0.15, -0.1) is 11.3 Å². The lowest BCUT2D eigenvalue weighted by Crippen LogP contribution is -2.24. The molecule has 3 heterocycles. The zero-order valence-electron chi connectivity index (χ0n) is 13.9. The molecule has 5 nitrogen and oxygen atoms in total. The zero-order chi connectivity index (χ0) is 19.0. The molecule has 0 N–H and O–H groups in total. The standard InChI is InChI=1S/C18H14F3N3O2S/c19-18(20,21)13-4-1-3-11(7-13)9-24-10-12(8-15(24)25)17-22-16(23-26-17)14-5-2-6-27-14/h1-7,12H,8-10H2. The van der Waals surface area contributed by atoms with Crippen LogP contribution < -0.4 is 0 Å². The molecule has 1 saturated heterocycles. The van der Waals surface area contributed by atoms with Crippen molar-refractivity contribution in [1.29, 1.82) is 0 Å². The highest BCUT2D eigenvalue weighted by atomic mass is 32.1. The maximum absolute atomic E-state index is 12.9. The summed E-state index contributed by atoms with van der Waals surface area (Å²) in [6.45, 7) is 0.451. The predicted octanol–water partition coefficient (Wildman–Crippen LogP) is 4.33. The van der Waals surface area contributed by atoms with Crippen molar-refractivity contribution in [1.82, 2.24) is 15.0 Å². The number of alkyl halides is 3. The Kier molecular flexibility index (Phi) is 4.47. The molecule has 0 bridgehead atoms. The smallest absolute Gasteiger partial charge is 0.339 e. The lowest BCUT2D eigenvalue weighted by atomic mass is 10.1. The van der Waals surface area contributed by atoms with Crippen LogP contribution in [0.4, 0.5) is 13.2 Å². The molecule has 2 aromatic heterocycles. The summed E-state index contributed by atoms with van der Waals surface area (Å²) in [5.41, 5.74) is -0.288. The molecular formula is C18H14F3N3O2S. The first kappa shape index (κ1) is 17.7. The van der Waals surface area contributed by atoms with Crippen molar-refractivity contribution in [2.75, 3.05) is 6.54 Å². The molecule has 9 heteroatoms. The van der Waals surface area contributed by atoms with Crippen molar-refractivity contribution in [2.45, 2.75) is 25.1 Å². The van der Waals surface area contributed by atoms with E-state index in [2.05, 4.69) is 10.1 Å². The number of hydrogen-bond acceptors (Lipinski definition) is 5. The van der Waals surface area contributed by atoms with Crippen LogP contribution in [0.15, 0.2) is 46.3 Å². The number of nitrogens with zero attached hydrogens (tertiary/aromatic N) is 3. The molecule has 1 fully saturated rings. The first-order chi connectivity index (χ1) is 12.9. The third kappa shape index (κ3) is 3.73. The van der Waals surface area contributed by atoms with E-state index in [0.29, 0.717) is 23.8 Å². The summed E-state index contributed by atoms with van der Waals surface area (Å²) < 4.78 is 43.9. The van der Waals surface area contributed by atoms with Gasteiger partial charge in [-0.25, -0.2) is 0 Å². The van der Waals surface area contributed by atoms with Gasteiger partial charge in [0, 0.05) is 19.5 Å². The molecule has 3 aromatic rings. The maximum atomic E-state index is 12.9. The second-order valence-corrected chi connectivity index (χ2v) is 7.25. The van der Waals surface area contributed by atoms with Crippen molar-refractivity contribution < 1.29 is 22.5 Å². The van der Waals surface area contributed by atoms with Crippen molar-refractivity contribution in [2.24, 2.45) is 0 Å². The summed E-state index contributed by atoms with van der Waals surface area (Å²) in [7, 11) is 0. The minimum absolute atomic E-state index is 0.116. The molecule has 27 heavy (non-hydrogen) atoms. The fourth-order valence-electron chi connectivity index (χ4n) is 3.06. The number of aromatic nitrogens is 2. The third-order valence-corrected chi connectivity index (χ3v) is 5.24. The second-order valence-electron chi connectivity index (χ2n) is 6.31. The average Bonchev–Trinajstić information content (AvgIpc) is 3.35. The SMILES string of the molecule is O=C1CC(c2nc(-c3cccs3)no2)CN1Cc1cccc(C(F)(F)F)c1. The fraction of sp³-hybridized carbons (Fsp3) is 0.278. The Labute approximate surface area is 156 Å². The molecule has 4 rings (SSSR count). The first-order valence-electron chi connectivity index (χ1n) is 8.21. The largest absolute Gasteiger partial charge is 0.416 e. The number of likely N-dealkylation sites (tertiary alicyclic amines) is 1. The average molecular weight is 393 g/mol. The van der Waals surface area contributed by atoms with Gasteiger partial charge in [-0.05, 0) is 29.1 Å². The molecule has 140 valence electrons. The number of rotatable bonds is 4. The van der Waals surface area contributed by atoms with Gasteiger partial charge in [0.25, 0.3) is 0 Å². The van der Waals surface area contributed by atoms with Crippen LogP contribution in [0.3, 0.4) is 0 Å². The summed E-state index contributed by atoms with van der Waals surface area (Å²) in [5, 5.41) is 5.85. The highest BCUT2D eigenvalue weighted by Crippen LogP contribution is 2.32. The van der Waals surface area contributed by atoms with E-state index in [9.17, 15) is 18.0 Å². The number of halogens is 3. The molecule has 0 saturated carbocycles. The number of carbonyl (C=O) groups excluding carboxylic acids is 1. The van der Waals surface area contributed by atoms with E-state index >= 15 is 0 Å². The molecule has 1 unspecified atom stereocenters. The van der Waals surface area contributed by atoms with Crippen LogP contribution in [-0.2, 0) is 17.5 Å². The maximum Gasteiger partial charge on any atom is 0.416 e. The Morgan fingerprint density at radius 1 is 1.26 bits per heavy atom. The van der Waals surface area contributed by atoms with Crippen LogP contribution in [0.2, 0.25) is 0 Å². The quantitative estimate of drug-likeness (QED) is 0.662. The van der Waals surface area contributed by atoms with Gasteiger partial charge in [-0.1, -0.05) is 23.4 Å². The Balaban J connectivity index is 1.47. The van der Waals surface area contributed by atoms with Crippen LogP contribution in [0, 0.1) is 0 Å². The number of hydrogen-bond donors (Lipinski definition) is 0. The van der Waals surface area contributed by atoms with Crippen LogP contribution in [0.1, 0.15) is 29.4 Å². The van der Waals surface area contributed by atoms with E-state index in [1.165, 1.54) is 22.3 Å².